The number of amides is 1. The van der Waals surface area contributed by atoms with Crippen LogP contribution < -0.4 is 5.32 Å². The van der Waals surface area contributed by atoms with Crippen LogP contribution in [-0.4, -0.2) is 23.9 Å². The SMILES string of the molecule is CC[C@H](NC(=O)c1ccc(CN2CCCC2)cc1)c1ccccc1. The molecule has 0 aromatic heterocycles. The van der Waals surface area contributed by atoms with Crippen LogP contribution in [0.25, 0.3) is 0 Å². The topological polar surface area (TPSA) is 32.3 Å². The lowest BCUT2D eigenvalue weighted by Gasteiger charge is -2.18. The van der Waals surface area contributed by atoms with E-state index in [2.05, 4.69) is 41.4 Å². The molecule has 2 aromatic carbocycles. The standard InChI is InChI=1S/C21H26N2O/c1-2-20(18-8-4-3-5-9-18)22-21(24)19-12-10-17(11-13-19)16-23-14-6-7-15-23/h3-5,8-13,20H,2,6-7,14-16H2,1H3,(H,22,24)/t20-/m0/s1. The van der Waals surface area contributed by atoms with Gasteiger partial charge in [0.15, 0.2) is 0 Å². The number of likely N-dealkylation sites (tertiary alicyclic amines) is 1. The van der Waals surface area contributed by atoms with Crippen LogP contribution in [0.3, 0.4) is 0 Å². The predicted molar refractivity (Wildman–Crippen MR) is 97.9 cm³/mol. The summed E-state index contributed by atoms with van der Waals surface area (Å²) in [4.78, 5) is 15.0. The Bertz CT molecular complexity index is 645. The van der Waals surface area contributed by atoms with Crippen LogP contribution in [0, 0.1) is 0 Å². The molecule has 126 valence electrons. The molecular weight excluding hydrogens is 296 g/mol. The van der Waals surface area contributed by atoms with Crippen molar-refractivity contribution in [2.24, 2.45) is 0 Å². The minimum atomic E-state index is -0.00146. The van der Waals surface area contributed by atoms with E-state index < -0.39 is 0 Å². The Hall–Kier alpha value is -2.13. The molecule has 1 aliphatic heterocycles. The highest BCUT2D eigenvalue weighted by molar-refractivity contribution is 5.94. The van der Waals surface area contributed by atoms with Crippen molar-refractivity contribution in [1.82, 2.24) is 10.2 Å². The number of nitrogens with one attached hydrogen (secondary N) is 1. The predicted octanol–water partition coefficient (Wildman–Crippen LogP) is 4.16. The van der Waals surface area contributed by atoms with Gasteiger partial charge in [-0.3, -0.25) is 9.69 Å². The molecule has 1 atom stereocenters. The second kappa shape index (κ2) is 8.11. The van der Waals surface area contributed by atoms with Crippen LogP contribution in [0.4, 0.5) is 0 Å². The number of hydrogen-bond donors (Lipinski definition) is 1. The average molecular weight is 322 g/mol. The smallest absolute Gasteiger partial charge is 0.251 e. The van der Waals surface area contributed by atoms with Crippen molar-refractivity contribution in [2.75, 3.05) is 13.1 Å². The van der Waals surface area contributed by atoms with Crippen LogP contribution in [-0.2, 0) is 6.54 Å². The highest BCUT2D eigenvalue weighted by Crippen LogP contribution is 2.17. The van der Waals surface area contributed by atoms with Gasteiger partial charge < -0.3 is 5.32 Å². The zero-order valence-electron chi connectivity index (χ0n) is 14.4. The number of hydrogen-bond acceptors (Lipinski definition) is 2. The molecule has 1 heterocycles. The normalized spacial score (nSPS) is 16.0. The fourth-order valence-corrected chi connectivity index (χ4v) is 3.31. The molecule has 3 nitrogen and oxygen atoms in total. The third-order valence-corrected chi connectivity index (χ3v) is 4.74. The van der Waals surface area contributed by atoms with Gasteiger partial charge in [-0.05, 0) is 55.6 Å². The fourth-order valence-electron chi connectivity index (χ4n) is 3.31. The van der Waals surface area contributed by atoms with Crippen LogP contribution >= 0.6 is 0 Å². The molecule has 0 radical (unpaired) electrons. The Labute approximate surface area is 144 Å². The summed E-state index contributed by atoms with van der Waals surface area (Å²) in [5.41, 5.74) is 3.16. The summed E-state index contributed by atoms with van der Waals surface area (Å²) in [6.45, 7) is 5.47. The molecule has 1 fully saturated rings. The number of nitrogens with zero attached hydrogens (tertiary/aromatic N) is 1. The van der Waals surface area contributed by atoms with Crippen molar-refractivity contribution < 1.29 is 4.79 Å². The van der Waals surface area contributed by atoms with Crippen molar-refractivity contribution in [3.63, 3.8) is 0 Å². The summed E-state index contributed by atoms with van der Waals surface area (Å²) in [6, 6.07) is 18.3. The van der Waals surface area contributed by atoms with Crippen LogP contribution in [0.1, 0.15) is 53.7 Å². The average Bonchev–Trinajstić information content (AvgIpc) is 3.14. The van der Waals surface area contributed by atoms with Gasteiger partial charge in [0, 0.05) is 12.1 Å². The van der Waals surface area contributed by atoms with Crippen molar-refractivity contribution >= 4 is 5.91 Å². The van der Waals surface area contributed by atoms with Gasteiger partial charge in [0.1, 0.15) is 0 Å². The van der Waals surface area contributed by atoms with E-state index >= 15 is 0 Å². The molecule has 0 aliphatic carbocycles. The van der Waals surface area contributed by atoms with Gasteiger partial charge in [0.25, 0.3) is 5.91 Å². The molecule has 0 saturated carbocycles. The fraction of sp³-hybridized carbons (Fsp3) is 0.381. The number of carbonyl (C=O) groups excluding carboxylic acids is 1. The van der Waals surface area contributed by atoms with E-state index in [9.17, 15) is 4.79 Å². The maximum absolute atomic E-state index is 12.5. The van der Waals surface area contributed by atoms with Gasteiger partial charge in [-0.15, -0.1) is 0 Å². The molecule has 1 aliphatic rings. The first-order valence-electron chi connectivity index (χ1n) is 8.93. The zero-order chi connectivity index (χ0) is 16.8. The van der Waals surface area contributed by atoms with Gasteiger partial charge in [-0.25, -0.2) is 0 Å². The Morgan fingerprint density at radius 1 is 1.04 bits per heavy atom. The largest absolute Gasteiger partial charge is 0.345 e. The second-order valence-electron chi connectivity index (χ2n) is 6.53. The van der Waals surface area contributed by atoms with Crippen LogP contribution in [0.15, 0.2) is 54.6 Å². The molecule has 2 aromatic rings. The van der Waals surface area contributed by atoms with Gasteiger partial charge >= 0.3 is 0 Å². The summed E-state index contributed by atoms with van der Waals surface area (Å²) >= 11 is 0. The number of rotatable bonds is 6. The highest BCUT2D eigenvalue weighted by atomic mass is 16.1. The Morgan fingerprint density at radius 3 is 2.33 bits per heavy atom. The Morgan fingerprint density at radius 2 is 1.71 bits per heavy atom. The molecule has 3 rings (SSSR count). The first kappa shape index (κ1) is 16.7. The summed E-state index contributed by atoms with van der Waals surface area (Å²) in [6.07, 6.45) is 3.49. The van der Waals surface area contributed by atoms with E-state index in [0.29, 0.717) is 0 Å². The highest BCUT2D eigenvalue weighted by Gasteiger charge is 2.15. The maximum atomic E-state index is 12.5. The monoisotopic (exact) mass is 322 g/mol. The maximum Gasteiger partial charge on any atom is 0.251 e. The first-order chi connectivity index (χ1) is 11.8. The van der Waals surface area contributed by atoms with E-state index in [1.807, 2.05) is 30.3 Å². The van der Waals surface area contributed by atoms with E-state index in [1.54, 1.807) is 0 Å². The lowest BCUT2D eigenvalue weighted by Crippen LogP contribution is -2.28. The molecule has 24 heavy (non-hydrogen) atoms. The van der Waals surface area contributed by atoms with E-state index in [0.717, 1.165) is 24.1 Å². The number of benzene rings is 2. The van der Waals surface area contributed by atoms with Gasteiger partial charge in [0.05, 0.1) is 6.04 Å². The molecular formula is C21H26N2O. The van der Waals surface area contributed by atoms with Crippen LogP contribution in [0.2, 0.25) is 0 Å². The minimum absolute atomic E-state index is 0.00146. The van der Waals surface area contributed by atoms with Gasteiger partial charge in [-0.2, -0.15) is 0 Å². The third-order valence-electron chi connectivity index (χ3n) is 4.74. The Kier molecular flexibility index (Phi) is 5.65. The van der Waals surface area contributed by atoms with Crippen molar-refractivity contribution in [3.8, 4) is 0 Å². The molecule has 1 N–H and O–H groups in total. The van der Waals surface area contributed by atoms with Crippen molar-refractivity contribution in [1.29, 1.82) is 0 Å². The lowest BCUT2D eigenvalue weighted by atomic mass is 10.0. The van der Waals surface area contributed by atoms with Crippen molar-refractivity contribution in [3.05, 3.63) is 71.3 Å². The lowest BCUT2D eigenvalue weighted by molar-refractivity contribution is 0.0935. The Balaban J connectivity index is 1.61. The number of carbonyl (C=O) groups is 1. The first-order valence-corrected chi connectivity index (χ1v) is 8.93. The molecule has 1 amide bonds. The summed E-state index contributed by atoms with van der Waals surface area (Å²) < 4.78 is 0. The van der Waals surface area contributed by atoms with E-state index in [1.165, 1.54) is 31.5 Å². The quantitative estimate of drug-likeness (QED) is 0.866. The molecule has 0 unspecified atom stereocenters. The third kappa shape index (κ3) is 4.24. The molecule has 0 bridgehead atoms. The molecule has 0 spiro atoms. The van der Waals surface area contributed by atoms with Crippen molar-refractivity contribution in [2.45, 2.75) is 38.8 Å². The molecule has 1 saturated heterocycles. The van der Waals surface area contributed by atoms with Crippen LogP contribution in [0.5, 0.6) is 0 Å². The van der Waals surface area contributed by atoms with E-state index in [4.69, 9.17) is 0 Å². The summed E-state index contributed by atoms with van der Waals surface area (Å²) in [5.74, 6) is -0.00146. The second-order valence-corrected chi connectivity index (χ2v) is 6.53. The van der Waals surface area contributed by atoms with Gasteiger partial charge in [-0.1, -0.05) is 49.4 Å². The van der Waals surface area contributed by atoms with Gasteiger partial charge in [0.2, 0.25) is 0 Å². The minimum Gasteiger partial charge on any atom is -0.345 e. The van der Waals surface area contributed by atoms with E-state index in [-0.39, 0.29) is 11.9 Å². The summed E-state index contributed by atoms with van der Waals surface area (Å²) in [5, 5.41) is 3.14. The zero-order valence-corrected chi connectivity index (χ0v) is 14.4. The molecule has 3 heteroatoms. The summed E-state index contributed by atoms with van der Waals surface area (Å²) in [7, 11) is 0.